The van der Waals surface area contributed by atoms with E-state index in [1.165, 1.54) is 0 Å². The van der Waals surface area contributed by atoms with Gasteiger partial charge in [0.1, 0.15) is 0 Å². The van der Waals surface area contributed by atoms with Crippen molar-refractivity contribution in [1.82, 2.24) is 5.32 Å². The van der Waals surface area contributed by atoms with Crippen molar-refractivity contribution in [2.45, 2.75) is 33.1 Å². The summed E-state index contributed by atoms with van der Waals surface area (Å²) in [6.07, 6.45) is 0.907. The van der Waals surface area contributed by atoms with Gasteiger partial charge in [-0.3, -0.25) is 15.1 Å². The highest BCUT2D eigenvalue weighted by atomic mass is 16.2. The predicted molar refractivity (Wildman–Crippen MR) is 74.5 cm³/mol. The molecule has 0 aliphatic heterocycles. The van der Waals surface area contributed by atoms with E-state index in [1.54, 1.807) is 0 Å². The van der Waals surface area contributed by atoms with Crippen LogP contribution in [0, 0.1) is 6.92 Å². The van der Waals surface area contributed by atoms with Crippen LogP contribution in [-0.2, 0) is 4.79 Å². The Morgan fingerprint density at radius 2 is 2.11 bits per heavy atom. The average Bonchev–Trinajstić information content (AvgIpc) is 2.36. The third kappa shape index (κ3) is 3.87. The number of nitrogens with one attached hydrogen (secondary N) is 1. The second-order valence-corrected chi connectivity index (χ2v) is 4.33. The lowest BCUT2D eigenvalue weighted by Gasteiger charge is -2.14. The average molecular weight is 247 g/mol. The first kappa shape index (κ1) is 14.2. The Kier molecular flexibility index (Phi) is 5.36. The quantitative estimate of drug-likeness (QED) is 0.630. The molecule has 18 heavy (non-hydrogen) atoms. The predicted octanol–water partition coefficient (Wildman–Crippen LogP) is 1.94. The molecule has 0 saturated heterocycles. The van der Waals surface area contributed by atoms with Gasteiger partial charge in [0.05, 0.1) is 5.92 Å². The van der Waals surface area contributed by atoms with Gasteiger partial charge in [0, 0.05) is 6.54 Å². The van der Waals surface area contributed by atoms with E-state index >= 15 is 0 Å². The number of hydrogen-bond donors (Lipinski definition) is 2. The summed E-state index contributed by atoms with van der Waals surface area (Å²) in [6.45, 7) is 6.50. The number of aryl methyl sites for hydroxylation is 1. The Bertz CT molecular complexity index is 440. The lowest BCUT2D eigenvalue weighted by atomic mass is 9.96. The Labute approximate surface area is 108 Å². The molecule has 1 atom stereocenters. The van der Waals surface area contributed by atoms with Crippen molar-refractivity contribution in [1.29, 1.82) is 0 Å². The van der Waals surface area contributed by atoms with Crippen LogP contribution in [0.15, 0.2) is 29.3 Å². The Balaban J connectivity index is 2.71. The first-order valence-electron chi connectivity index (χ1n) is 6.22. The van der Waals surface area contributed by atoms with Gasteiger partial charge in [0.15, 0.2) is 5.96 Å². The smallest absolute Gasteiger partial charge is 0.233 e. The summed E-state index contributed by atoms with van der Waals surface area (Å²) in [5.74, 6) is -0.162. The van der Waals surface area contributed by atoms with Crippen molar-refractivity contribution in [3.63, 3.8) is 0 Å². The third-order valence-electron chi connectivity index (χ3n) is 2.81. The molecule has 0 aliphatic carbocycles. The summed E-state index contributed by atoms with van der Waals surface area (Å²) in [7, 11) is 0. The molecule has 4 nitrogen and oxygen atoms in total. The molecule has 1 rings (SSSR count). The maximum atomic E-state index is 12.0. The number of nitrogens with two attached hydrogens (primary N) is 1. The van der Waals surface area contributed by atoms with Crippen LogP contribution in [0.4, 0.5) is 0 Å². The normalized spacial score (nSPS) is 13.2. The third-order valence-corrected chi connectivity index (χ3v) is 2.81. The van der Waals surface area contributed by atoms with Crippen LogP contribution in [0.3, 0.4) is 0 Å². The topological polar surface area (TPSA) is 67.5 Å². The Morgan fingerprint density at radius 3 is 2.72 bits per heavy atom. The van der Waals surface area contributed by atoms with Crippen molar-refractivity contribution in [3.8, 4) is 0 Å². The fourth-order valence-electron chi connectivity index (χ4n) is 1.72. The molecule has 1 aromatic rings. The van der Waals surface area contributed by atoms with Crippen molar-refractivity contribution < 1.29 is 4.79 Å². The molecule has 0 saturated carbocycles. The van der Waals surface area contributed by atoms with Crippen molar-refractivity contribution in [2.75, 3.05) is 6.54 Å². The van der Waals surface area contributed by atoms with Crippen LogP contribution < -0.4 is 11.1 Å². The number of amides is 1. The number of carbonyl (C=O) groups excluding carboxylic acids is 1. The standard InChI is InChI=1S/C14H21N3O/c1-4-9-16-14(15)17-13(18)11(3)12-8-6-5-7-10(12)2/h5-8,11H,4,9H2,1-3H3,(H3,15,16,17,18). The summed E-state index contributed by atoms with van der Waals surface area (Å²) in [5.41, 5.74) is 7.75. The first-order valence-corrected chi connectivity index (χ1v) is 6.22. The van der Waals surface area contributed by atoms with Gasteiger partial charge < -0.3 is 5.73 Å². The van der Waals surface area contributed by atoms with Gasteiger partial charge in [-0.05, 0) is 31.4 Å². The van der Waals surface area contributed by atoms with Gasteiger partial charge in [0.25, 0.3) is 0 Å². The largest absolute Gasteiger partial charge is 0.370 e. The first-order chi connectivity index (χ1) is 8.56. The van der Waals surface area contributed by atoms with Gasteiger partial charge in [-0.1, -0.05) is 31.2 Å². The fraction of sp³-hybridized carbons (Fsp3) is 0.429. The molecule has 0 fully saturated rings. The molecule has 3 N–H and O–H groups in total. The fourth-order valence-corrected chi connectivity index (χ4v) is 1.72. The van der Waals surface area contributed by atoms with E-state index in [-0.39, 0.29) is 17.8 Å². The number of rotatable bonds is 4. The molecule has 0 aliphatic rings. The minimum Gasteiger partial charge on any atom is -0.370 e. The van der Waals surface area contributed by atoms with E-state index < -0.39 is 0 Å². The number of aliphatic imine (C=N–C) groups is 1. The van der Waals surface area contributed by atoms with Crippen LogP contribution in [0.1, 0.15) is 37.3 Å². The minimum atomic E-state index is -0.235. The van der Waals surface area contributed by atoms with E-state index in [0.29, 0.717) is 6.54 Å². The van der Waals surface area contributed by atoms with Gasteiger partial charge in [-0.25, -0.2) is 0 Å². The zero-order chi connectivity index (χ0) is 13.5. The van der Waals surface area contributed by atoms with Crippen LogP contribution in [0.5, 0.6) is 0 Å². The summed E-state index contributed by atoms with van der Waals surface area (Å²) in [4.78, 5) is 16.0. The number of hydrogen-bond acceptors (Lipinski definition) is 2. The van der Waals surface area contributed by atoms with E-state index in [0.717, 1.165) is 17.5 Å². The number of carbonyl (C=O) groups is 1. The van der Waals surface area contributed by atoms with E-state index in [9.17, 15) is 4.79 Å². The molecular weight excluding hydrogens is 226 g/mol. The number of nitrogens with zero attached hydrogens (tertiary/aromatic N) is 1. The monoisotopic (exact) mass is 247 g/mol. The molecule has 4 heteroatoms. The molecule has 1 amide bonds. The number of benzene rings is 1. The lowest BCUT2D eigenvalue weighted by molar-refractivity contribution is -0.120. The molecule has 1 aromatic carbocycles. The highest BCUT2D eigenvalue weighted by Gasteiger charge is 2.17. The molecular formula is C14H21N3O. The Morgan fingerprint density at radius 1 is 1.44 bits per heavy atom. The molecule has 0 radical (unpaired) electrons. The van der Waals surface area contributed by atoms with Crippen molar-refractivity contribution in [3.05, 3.63) is 35.4 Å². The van der Waals surface area contributed by atoms with Crippen LogP contribution >= 0.6 is 0 Å². The highest BCUT2D eigenvalue weighted by molar-refractivity contribution is 5.99. The molecule has 1 unspecified atom stereocenters. The molecule has 98 valence electrons. The maximum absolute atomic E-state index is 12.0. The Hall–Kier alpha value is -1.84. The second kappa shape index (κ2) is 6.79. The maximum Gasteiger partial charge on any atom is 0.233 e. The molecule has 0 bridgehead atoms. The summed E-state index contributed by atoms with van der Waals surface area (Å²) in [5, 5.41) is 2.63. The lowest BCUT2D eigenvalue weighted by Crippen LogP contribution is -2.39. The zero-order valence-corrected chi connectivity index (χ0v) is 11.2. The SMILES string of the molecule is CCCN=C(N)NC(=O)C(C)c1ccccc1C. The van der Waals surface area contributed by atoms with Crippen LogP contribution in [-0.4, -0.2) is 18.4 Å². The van der Waals surface area contributed by atoms with Gasteiger partial charge in [0.2, 0.25) is 5.91 Å². The van der Waals surface area contributed by atoms with Crippen LogP contribution in [0.2, 0.25) is 0 Å². The van der Waals surface area contributed by atoms with Gasteiger partial charge >= 0.3 is 0 Å². The summed E-state index contributed by atoms with van der Waals surface area (Å²) in [6, 6.07) is 7.84. The van der Waals surface area contributed by atoms with E-state index in [4.69, 9.17) is 5.73 Å². The highest BCUT2D eigenvalue weighted by Crippen LogP contribution is 2.18. The second-order valence-electron chi connectivity index (χ2n) is 4.33. The van der Waals surface area contributed by atoms with Crippen molar-refractivity contribution in [2.24, 2.45) is 10.7 Å². The molecule has 0 heterocycles. The molecule has 0 spiro atoms. The van der Waals surface area contributed by atoms with Gasteiger partial charge in [-0.15, -0.1) is 0 Å². The minimum absolute atomic E-state index is 0.123. The van der Waals surface area contributed by atoms with E-state index in [2.05, 4.69) is 10.3 Å². The zero-order valence-electron chi connectivity index (χ0n) is 11.2. The summed E-state index contributed by atoms with van der Waals surface area (Å²) >= 11 is 0. The molecule has 0 aromatic heterocycles. The van der Waals surface area contributed by atoms with Crippen LogP contribution in [0.25, 0.3) is 0 Å². The van der Waals surface area contributed by atoms with Crippen molar-refractivity contribution >= 4 is 11.9 Å². The van der Waals surface area contributed by atoms with E-state index in [1.807, 2.05) is 45.0 Å². The van der Waals surface area contributed by atoms with Gasteiger partial charge in [-0.2, -0.15) is 0 Å². The number of guanidine groups is 1. The summed E-state index contributed by atoms with van der Waals surface area (Å²) < 4.78 is 0.